The molecule has 13 nitrogen and oxygen atoms in total. The number of aliphatic hydroxyl groups is 1. The number of allylic oxidation sites excluding steroid dienone is 4. The molecule has 1 heterocycles. The number of rotatable bonds is 6. The van der Waals surface area contributed by atoms with Crippen LogP contribution in [-0.4, -0.2) is 80.3 Å². The maximum absolute atomic E-state index is 13.9. The summed E-state index contributed by atoms with van der Waals surface area (Å²) in [4.78, 5) is 65.6. The van der Waals surface area contributed by atoms with Gasteiger partial charge in [-0.3, -0.25) is 19.2 Å². The number of Topliss-reactive ketones (excluding diaryl/α,β-unsaturated/α-hetero) is 1. The van der Waals surface area contributed by atoms with E-state index >= 15 is 0 Å². The summed E-state index contributed by atoms with van der Waals surface area (Å²) in [5, 5.41) is 16.5. The van der Waals surface area contributed by atoms with Gasteiger partial charge < -0.3 is 40.4 Å². The van der Waals surface area contributed by atoms with Gasteiger partial charge in [0, 0.05) is 42.9 Å². The molecular formula is C36H45N3O10. The molecule has 5 N–H and O–H groups in total. The average Bonchev–Trinajstić information content (AvgIpc) is 3.07. The predicted molar refractivity (Wildman–Crippen MR) is 180 cm³/mol. The van der Waals surface area contributed by atoms with Crippen LogP contribution in [0.25, 0.3) is 0 Å². The fraction of sp³-hybridized carbons (Fsp3) is 0.417. The van der Waals surface area contributed by atoms with Crippen LogP contribution in [0.2, 0.25) is 0 Å². The highest BCUT2D eigenvalue weighted by Gasteiger charge is 2.34. The van der Waals surface area contributed by atoms with Crippen LogP contribution in [0.4, 0.5) is 4.79 Å². The van der Waals surface area contributed by atoms with Crippen molar-refractivity contribution >= 4 is 29.5 Å². The first kappa shape index (κ1) is 38.6. The van der Waals surface area contributed by atoms with Crippen molar-refractivity contribution in [3.05, 3.63) is 88.3 Å². The minimum absolute atomic E-state index is 0.00292. The number of ether oxygens (including phenoxy) is 4. The third kappa shape index (κ3) is 10.1. The maximum atomic E-state index is 13.9. The molecule has 1 aliphatic carbocycles. The number of fused-ring (bicyclic) bond motifs is 2. The molecule has 1 aromatic rings. The Labute approximate surface area is 285 Å². The smallest absolute Gasteiger partial charge is 0.405 e. The number of nitrogens with two attached hydrogens (primary N) is 1. The Morgan fingerprint density at radius 3 is 2.41 bits per heavy atom. The van der Waals surface area contributed by atoms with Crippen LogP contribution in [0.15, 0.2) is 82.8 Å². The summed E-state index contributed by atoms with van der Waals surface area (Å²) in [5.41, 5.74) is 5.82. The van der Waals surface area contributed by atoms with Gasteiger partial charge in [-0.25, -0.2) is 4.79 Å². The first-order valence-electron chi connectivity index (χ1n) is 15.7. The molecule has 0 fully saturated rings. The number of hydrogen-bond donors (Lipinski definition) is 4. The van der Waals surface area contributed by atoms with E-state index in [2.05, 4.69) is 10.6 Å². The number of aliphatic hydroxyl groups excluding tert-OH is 1. The largest absolute Gasteiger partial charge is 0.497 e. The minimum Gasteiger partial charge on any atom is -0.497 e. The van der Waals surface area contributed by atoms with Crippen LogP contribution in [0.5, 0.6) is 5.75 Å². The molecule has 0 spiro atoms. The second kappa shape index (κ2) is 17.5. The number of carbonyl (C=O) groups excluding carboxylic acids is 5. The van der Waals surface area contributed by atoms with Gasteiger partial charge in [0.25, 0.3) is 11.8 Å². The molecule has 1 aliphatic heterocycles. The van der Waals surface area contributed by atoms with Gasteiger partial charge in [0.15, 0.2) is 6.10 Å². The fourth-order valence-corrected chi connectivity index (χ4v) is 5.67. The van der Waals surface area contributed by atoms with Gasteiger partial charge in [-0.05, 0) is 56.4 Å². The van der Waals surface area contributed by atoms with Crippen LogP contribution < -0.4 is 21.1 Å². The van der Waals surface area contributed by atoms with Crippen molar-refractivity contribution in [3.63, 3.8) is 0 Å². The summed E-state index contributed by atoms with van der Waals surface area (Å²) in [5.74, 6) is -3.05. The molecule has 0 radical (unpaired) electrons. The van der Waals surface area contributed by atoms with Crippen LogP contribution in [0, 0.1) is 11.8 Å². The Balaban J connectivity index is 2.10. The lowest BCUT2D eigenvalue weighted by Crippen LogP contribution is -2.38. The minimum atomic E-state index is -1.04. The molecular weight excluding hydrogens is 634 g/mol. The molecule has 3 amide bonds. The van der Waals surface area contributed by atoms with E-state index in [1.807, 2.05) is 6.92 Å². The lowest BCUT2D eigenvalue weighted by atomic mass is 9.85. The molecule has 0 saturated heterocycles. The van der Waals surface area contributed by atoms with E-state index in [1.54, 1.807) is 38.1 Å². The highest BCUT2D eigenvalue weighted by atomic mass is 16.6. The summed E-state index contributed by atoms with van der Waals surface area (Å²) in [6, 6.07) is 6.31. The maximum Gasteiger partial charge on any atom is 0.405 e. The normalized spacial score (nSPS) is 28.7. The monoisotopic (exact) mass is 679 g/mol. The summed E-state index contributed by atoms with van der Waals surface area (Å²) in [7, 11) is 4.32. The quantitative estimate of drug-likeness (QED) is 0.256. The number of nitrogens with one attached hydrogen (secondary N) is 2. The van der Waals surface area contributed by atoms with Gasteiger partial charge in [-0.2, -0.15) is 0 Å². The van der Waals surface area contributed by atoms with Gasteiger partial charge in [0.1, 0.15) is 11.9 Å². The number of carbonyl (C=O) groups is 5. The second-order valence-corrected chi connectivity index (χ2v) is 12.1. The molecule has 2 aliphatic rings. The lowest BCUT2D eigenvalue weighted by molar-refractivity contribution is -0.120. The Morgan fingerprint density at radius 2 is 1.78 bits per heavy atom. The molecule has 2 bridgehead atoms. The number of amides is 3. The van der Waals surface area contributed by atoms with Crippen molar-refractivity contribution in [2.24, 2.45) is 17.6 Å². The van der Waals surface area contributed by atoms with E-state index in [0.29, 0.717) is 11.3 Å². The first-order valence-corrected chi connectivity index (χ1v) is 15.7. The van der Waals surface area contributed by atoms with Crippen LogP contribution in [0.3, 0.4) is 0 Å². The summed E-state index contributed by atoms with van der Waals surface area (Å²) in [6.07, 6.45) is 2.92. The zero-order chi connectivity index (χ0) is 36.4. The highest BCUT2D eigenvalue weighted by Crippen LogP contribution is 2.29. The van der Waals surface area contributed by atoms with Crippen molar-refractivity contribution in [1.29, 1.82) is 0 Å². The van der Waals surface area contributed by atoms with E-state index in [9.17, 15) is 29.1 Å². The van der Waals surface area contributed by atoms with Crippen LogP contribution >= 0.6 is 0 Å². The lowest BCUT2D eigenvalue weighted by Gasteiger charge is -2.30. The topological polar surface area (TPSA) is 193 Å². The van der Waals surface area contributed by atoms with Crippen LogP contribution in [0.1, 0.15) is 50.9 Å². The van der Waals surface area contributed by atoms with E-state index in [1.165, 1.54) is 52.5 Å². The van der Waals surface area contributed by atoms with E-state index in [-0.39, 0.29) is 46.9 Å². The van der Waals surface area contributed by atoms with Gasteiger partial charge in [0.05, 0.1) is 30.7 Å². The van der Waals surface area contributed by atoms with Crippen molar-refractivity contribution in [1.82, 2.24) is 10.6 Å². The fourth-order valence-electron chi connectivity index (χ4n) is 5.67. The highest BCUT2D eigenvalue weighted by molar-refractivity contribution is 6.24. The molecule has 6 atom stereocenters. The van der Waals surface area contributed by atoms with Gasteiger partial charge >= 0.3 is 6.09 Å². The molecule has 0 saturated carbocycles. The van der Waals surface area contributed by atoms with E-state index in [4.69, 9.17) is 24.7 Å². The van der Waals surface area contributed by atoms with Gasteiger partial charge in [0.2, 0.25) is 11.6 Å². The number of methoxy groups -OCH3 is 3. The molecule has 1 aromatic carbocycles. The summed E-state index contributed by atoms with van der Waals surface area (Å²) < 4.78 is 21.8. The van der Waals surface area contributed by atoms with E-state index in [0.717, 1.165) is 6.08 Å². The molecule has 264 valence electrons. The number of primary amides is 1. The van der Waals surface area contributed by atoms with Crippen LogP contribution in [-0.2, 0) is 28.6 Å². The SMILES string of the molecule is COc1cccc(C(=O)NC2=C3C[C@@H](C)C[C@H](OC)[C@H](O)[C@@H](C)/C=C(\C)[C@H](OC(N)=O)[C@@H](OC)/C=C\C=C(/C)C(=O)NC(=CC2=O)C3=O)c1. The standard InChI is InChI=1S/C36H45N3O10/c1-19-14-25-30(39-35(44)23-11-9-12-24(17-23)46-5)27(40)18-26(32(25)42)38-34(43)20(2)10-8-13-28(47-6)33(49-36(37)45)22(4)16-21(3)31(41)29(15-19)48-7/h8-13,16-19,21,28-29,31,33,41H,14-15H2,1-7H3,(H2,37,45)(H,38,43)(H,39,44)/b13-8-,20-10+,22-16+/t19-,21+,28+,29+,31-,33+/m1/s1. The van der Waals surface area contributed by atoms with Crippen molar-refractivity contribution in [2.45, 2.75) is 65.0 Å². The summed E-state index contributed by atoms with van der Waals surface area (Å²) in [6.45, 7) is 6.80. The Bertz CT molecular complexity index is 1610. The van der Waals surface area contributed by atoms with Gasteiger partial charge in [-0.15, -0.1) is 0 Å². The average molecular weight is 680 g/mol. The third-order valence-electron chi connectivity index (χ3n) is 8.36. The second-order valence-electron chi connectivity index (χ2n) is 12.1. The number of hydrogen-bond acceptors (Lipinski definition) is 10. The summed E-state index contributed by atoms with van der Waals surface area (Å²) >= 11 is 0. The third-order valence-corrected chi connectivity index (χ3v) is 8.36. The Hall–Kier alpha value is -4.85. The molecule has 0 unspecified atom stereocenters. The Morgan fingerprint density at radius 1 is 1.06 bits per heavy atom. The van der Waals surface area contributed by atoms with Crippen molar-refractivity contribution < 1.29 is 48.0 Å². The molecule has 49 heavy (non-hydrogen) atoms. The van der Waals surface area contributed by atoms with Crippen molar-refractivity contribution in [2.75, 3.05) is 21.3 Å². The van der Waals surface area contributed by atoms with Gasteiger partial charge in [-0.1, -0.05) is 44.2 Å². The zero-order valence-corrected chi connectivity index (χ0v) is 28.8. The van der Waals surface area contributed by atoms with Crippen molar-refractivity contribution in [3.8, 4) is 5.75 Å². The Kier molecular flexibility index (Phi) is 13.8. The van der Waals surface area contributed by atoms with E-state index < -0.39 is 59.8 Å². The predicted octanol–water partition coefficient (Wildman–Crippen LogP) is 3.20. The molecule has 13 heteroatoms. The molecule has 3 rings (SSSR count). The molecule has 0 aromatic heterocycles. The number of benzene rings is 1. The number of ketones is 2. The zero-order valence-electron chi connectivity index (χ0n) is 28.8. The first-order chi connectivity index (χ1) is 23.2.